The molecule has 2 amide bonds. The molecule has 3 heterocycles. The Bertz CT molecular complexity index is 930. The molecule has 0 spiro atoms. The number of rotatable bonds is 2. The Morgan fingerprint density at radius 3 is 2.92 bits per heavy atom. The zero-order valence-corrected chi connectivity index (χ0v) is 13.6. The van der Waals surface area contributed by atoms with E-state index in [0.717, 1.165) is 4.88 Å². The smallest absolute Gasteiger partial charge is 0.281 e. The average Bonchev–Trinajstić information content (AvgIpc) is 3.22. The first-order valence-corrected chi connectivity index (χ1v) is 8.23. The summed E-state index contributed by atoms with van der Waals surface area (Å²) < 4.78 is 5.64. The normalized spacial score (nSPS) is 13.5. The molecule has 120 valence electrons. The van der Waals surface area contributed by atoms with E-state index in [0.29, 0.717) is 23.0 Å². The summed E-state index contributed by atoms with van der Waals surface area (Å²) in [6.45, 7) is 1.66. The Morgan fingerprint density at radius 2 is 2.12 bits per heavy atom. The summed E-state index contributed by atoms with van der Waals surface area (Å²) in [7, 11) is 0. The molecule has 0 fully saturated rings. The van der Waals surface area contributed by atoms with E-state index in [1.54, 1.807) is 19.1 Å². The lowest BCUT2D eigenvalue weighted by molar-refractivity contribution is -0.115. The van der Waals surface area contributed by atoms with Crippen molar-refractivity contribution in [3.8, 4) is 10.8 Å². The van der Waals surface area contributed by atoms with E-state index < -0.39 is 0 Å². The number of carbonyl (C=O) groups is 2. The van der Waals surface area contributed by atoms with Crippen LogP contribution in [0.4, 0.5) is 11.4 Å². The SMILES string of the molecule is Cc1oc(-c2cccs2)nc1C(=O)N1CC(=O)Nc2ccccc21. The van der Waals surface area contributed by atoms with E-state index in [4.69, 9.17) is 4.42 Å². The van der Waals surface area contributed by atoms with Crippen LogP contribution in [0, 0.1) is 6.92 Å². The van der Waals surface area contributed by atoms with Crippen LogP contribution in [0.15, 0.2) is 46.2 Å². The Balaban J connectivity index is 1.73. The fraction of sp³-hybridized carbons (Fsp3) is 0.118. The lowest BCUT2D eigenvalue weighted by Gasteiger charge is -2.28. The molecule has 1 aromatic carbocycles. The monoisotopic (exact) mass is 339 g/mol. The van der Waals surface area contributed by atoms with Crippen molar-refractivity contribution < 1.29 is 14.0 Å². The van der Waals surface area contributed by atoms with Gasteiger partial charge >= 0.3 is 0 Å². The fourth-order valence-electron chi connectivity index (χ4n) is 2.64. The van der Waals surface area contributed by atoms with Gasteiger partial charge in [-0.25, -0.2) is 4.98 Å². The molecule has 2 aromatic heterocycles. The number of amides is 2. The predicted molar refractivity (Wildman–Crippen MR) is 91.3 cm³/mol. The molecule has 1 N–H and O–H groups in total. The second kappa shape index (κ2) is 5.61. The lowest BCUT2D eigenvalue weighted by atomic mass is 10.1. The van der Waals surface area contributed by atoms with Gasteiger partial charge in [0.05, 0.1) is 16.3 Å². The maximum atomic E-state index is 12.9. The van der Waals surface area contributed by atoms with E-state index in [-0.39, 0.29) is 24.1 Å². The molecule has 6 nitrogen and oxygen atoms in total. The van der Waals surface area contributed by atoms with Crippen LogP contribution in [0.2, 0.25) is 0 Å². The molecule has 1 aliphatic heterocycles. The Labute approximate surface area is 141 Å². The number of nitrogens with zero attached hydrogens (tertiary/aromatic N) is 2. The number of hydrogen-bond donors (Lipinski definition) is 1. The molecule has 0 saturated heterocycles. The standard InChI is InChI=1S/C17H13N3O3S/c1-10-15(19-16(23-10)13-7-4-8-24-13)17(22)20-9-14(21)18-11-5-2-3-6-12(11)20/h2-8H,9H2,1H3,(H,18,21). The van der Waals surface area contributed by atoms with Crippen LogP contribution >= 0.6 is 11.3 Å². The van der Waals surface area contributed by atoms with Gasteiger partial charge in [0.2, 0.25) is 11.8 Å². The van der Waals surface area contributed by atoms with Crippen LogP contribution in [-0.4, -0.2) is 23.3 Å². The zero-order valence-electron chi connectivity index (χ0n) is 12.8. The van der Waals surface area contributed by atoms with E-state index in [1.807, 2.05) is 29.6 Å². The van der Waals surface area contributed by atoms with Gasteiger partial charge in [0.25, 0.3) is 5.91 Å². The quantitative estimate of drug-likeness (QED) is 0.777. The minimum absolute atomic E-state index is 0.0452. The van der Waals surface area contributed by atoms with Gasteiger partial charge in [-0.3, -0.25) is 14.5 Å². The zero-order chi connectivity index (χ0) is 16.7. The summed E-state index contributed by atoms with van der Waals surface area (Å²) in [5.74, 6) is 0.274. The van der Waals surface area contributed by atoms with Gasteiger partial charge in [-0.1, -0.05) is 18.2 Å². The highest BCUT2D eigenvalue weighted by Crippen LogP contribution is 2.32. The van der Waals surface area contributed by atoms with Gasteiger partial charge < -0.3 is 9.73 Å². The molecule has 0 aliphatic carbocycles. The van der Waals surface area contributed by atoms with Gasteiger partial charge in [-0.15, -0.1) is 11.3 Å². The number of anilines is 2. The van der Waals surface area contributed by atoms with Crippen molar-refractivity contribution in [3.05, 3.63) is 53.2 Å². The van der Waals surface area contributed by atoms with Crippen LogP contribution in [0.25, 0.3) is 10.8 Å². The Hall–Kier alpha value is -2.93. The maximum Gasteiger partial charge on any atom is 0.281 e. The summed E-state index contributed by atoms with van der Waals surface area (Å²) in [6, 6.07) is 11.0. The number of aryl methyl sites for hydroxylation is 1. The molecular formula is C17H13N3O3S. The number of nitrogens with one attached hydrogen (secondary N) is 1. The second-order valence-electron chi connectivity index (χ2n) is 5.36. The van der Waals surface area contributed by atoms with Crippen LogP contribution < -0.4 is 10.2 Å². The number of aromatic nitrogens is 1. The van der Waals surface area contributed by atoms with Crippen LogP contribution in [0.5, 0.6) is 0 Å². The molecule has 0 radical (unpaired) electrons. The van der Waals surface area contributed by atoms with Crippen molar-refractivity contribution >= 4 is 34.5 Å². The Kier molecular flexibility index (Phi) is 3.42. The number of oxazole rings is 1. The molecule has 4 rings (SSSR count). The van der Waals surface area contributed by atoms with Gasteiger partial charge in [0.1, 0.15) is 12.3 Å². The largest absolute Gasteiger partial charge is 0.440 e. The van der Waals surface area contributed by atoms with Crippen molar-refractivity contribution in [2.75, 3.05) is 16.8 Å². The third-order valence-electron chi connectivity index (χ3n) is 3.75. The van der Waals surface area contributed by atoms with Crippen LogP contribution in [0.3, 0.4) is 0 Å². The van der Waals surface area contributed by atoms with E-state index in [9.17, 15) is 9.59 Å². The van der Waals surface area contributed by atoms with Crippen molar-refractivity contribution in [2.45, 2.75) is 6.92 Å². The highest BCUT2D eigenvalue weighted by Gasteiger charge is 2.30. The summed E-state index contributed by atoms with van der Waals surface area (Å²) in [4.78, 5) is 31.5. The van der Waals surface area contributed by atoms with Crippen molar-refractivity contribution in [3.63, 3.8) is 0 Å². The maximum absolute atomic E-state index is 12.9. The third-order valence-corrected chi connectivity index (χ3v) is 4.60. The first-order valence-electron chi connectivity index (χ1n) is 7.35. The summed E-state index contributed by atoms with van der Waals surface area (Å²) in [5, 5.41) is 4.68. The van der Waals surface area contributed by atoms with Crippen LogP contribution in [-0.2, 0) is 4.79 Å². The number of carbonyl (C=O) groups excluding carboxylic acids is 2. The number of para-hydroxylation sites is 2. The summed E-state index contributed by atoms with van der Waals surface area (Å²) in [6.07, 6.45) is 0. The molecule has 0 bridgehead atoms. The molecule has 24 heavy (non-hydrogen) atoms. The topological polar surface area (TPSA) is 75.4 Å². The number of thiophene rings is 1. The summed E-state index contributed by atoms with van der Waals surface area (Å²) >= 11 is 1.49. The minimum atomic E-state index is -0.346. The third kappa shape index (κ3) is 2.39. The molecular weight excluding hydrogens is 326 g/mol. The Morgan fingerprint density at radius 1 is 1.29 bits per heavy atom. The van der Waals surface area contributed by atoms with Gasteiger partial charge in [-0.2, -0.15) is 0 Å². The molecule has 0 unspecified atom stereocenters. The second-order valence-corrected chi connectivity index (χ2v) is 6.31. The number of fused-ring (bicyclic) bond motifs is 1. The molecule has 0 saturated carbocycles. The summed E-state index contributed by atoms with van der Waals surface area (Å²) in [5.41, 5.74) is 1.49. The predicted octanol–water partition coefficient (Wildman–Crippen LogP) is 3.31. The first kappa shape index (κ1) is 14.6. The highest BCUT2D eigenvalue weighted by molar-refractivity contribution is 7.13. The van der Waals surface area contributed by atoms with Crippen LogP contribution in [0.1, 0.15) is 16.2 Å². The van der Waals surface area contributed by atoms with Gasteiger partial charge in [0, 0.05) is 0 Å². The van der Waals surface area contributed by atoms with Crippen molar-refractivity contribution in [1.29, 1.82) is 0 Å². The van der Waals surface area contributed by atoms with Gasteiger partial charge in [0.15, 0.2) is 5.69 Å². The van der Waals surface area contributed by atoms with Crippen molar-refractivity contribution in [1.82, 2.24) is 4.98 Å². The van der Waals surface area contributed by atoms with Crippen molar-refractivity contribution in [2.24, 2.45) is 0 Å². The molecule has 1 aliphatic rings. The molecule has 3 aromatic rings. The number of benzene rings is 1. The fourth-order valence-corrected chi connectivity index (χ4v) is 3.29. The highest BCUT2D eigenvalue weighted by atomic mass is 32.1. The number of hydrogen-bond acceptors (Lipinski definition) is 5. The molecule has 7 heteroatoms. The van der Waals surface area contributed by atoms with E-state index in [2.05, 4.69) is 10.3 Å². The van der Waals surface area contributed by atoms with E-state index >= 15 is 0 Å². The minimum Gasteiger partial charge on any atom is -0.440 e. The van der Waals surface area contributed by atoms with E-state index in [1.165, 1.54) is 16.2 Å². The van der Waals surface area contributed by atoms with Gasteiger partial charge in [-0.05, 0) is 30.5 Å². The lowest BCUT2D eigenvalue weighted by Crippen LogP contribution is -2.42. The molecule has 0 atom stereocenters. The average molecular weight is 339 g/mol. The first-order chi connectivity index (χ1) is 11.6.